The smallest absolute Gasteiger partial charge is 0.00201 e. The van der Waals surface area contributed by atoms with E-state index in [0.717, 1.165) is 0 Å². The lowest BCUT2D eigenvalue weighted by molar-refractivity contribution is 1.50. The minimum atomic E-state index is 1.32. The van der Waals surface area contributed by atoms with Crippen LogP contribution in [0.2, 0.25) is 0 Å². The first-order valence-electron chi connectivity index (χ1n) is 15.2. The molecule has 0 amide bonds. The predicted octanol–water partition coefficient (Wildman–Crippen LogP) is 13.1. The van der Waals surface area contributed by atoms with Gasteiger partial charge in [-0.1, -0.05) is 165 Å². The average molecular weight is 523 g/mol. The van der Waals surface area contributed by atoms with Gasteiger partial charge in [-0.25, -0.2) is 0 Å². The average Bonchev–Trinajstić information content (AvgIpc) is 3.57. The highest BCUT2D eigenvalue weighted by Crippen LogP contribution is 2.52. The zero-order chi connectivity index (χ0) is 28.8. The number of fused-ring (bicyclic) bond motifs is 6. The Morgan fingerprint density at radius 1 is 0.225 bits per heavy atom. The summed E-state index contributed by atoms with van der Waals surface area (Å²) >= 11 is 0. The Balaban J connectivity index is 0.000000428. The lowest BCUT2D eigenvalue weighted by atomic mass is 9.90. The fraction of sp³-hybridized carbons (Fsp3) is 0.200. The molecule has 0 radical (unpaired) electrons. The van der Waals surface area contributed by atoms with Gasteiger partial charge in [0.25, 0.3) is 0 Å². The standard InChI is InChI=1S/C32H18.4C2H6/c1-3-9-21-19(7-1)25-11-5-13-27-23(15-17-29(21)31(25)27)24-16-18-30-22-10-4-2-8-20(22)26-12-6-14-28(24)32(26)30;4*1-2/h1-18H;4*1-2H3. The van der Waals surface area contributed by atoms with E-state index in [-0.39, 0.29) is 0 Å². The Morgan fingerprint density at radius 2 is 0.475 bits per heavy atom. The molecule has 0 bridgehead atoms. The molecule has 40 heavy (non-hydrogen) atoms. The van der Waals surface area contributed by atoms with Crippen molar-refractivity contribution in [1.29, 1.82) is 0 Å². The van der Waals surface area contributed by atoms with Gasteiger partial charge in [0.2, 0.25) is 0 Å². The third-order valence-corrected chi connectivity index (χ3v) is 7.39. The summed E-state index contributed by atoms with van der Waals surface area (Å²) in [5.74, 6) is 0. The quantitative estimate of drug-likeness (QED) is 0.201. The molecule has 202 valence electrons. The Hall–Kier alpha value is -4.16. The van der Waals surface area contributed by atoms with Crippen LogP contribution in [0.5, 0.6) is 0 Å². The van der Waals surface area contributed by atoms with Crippen molar-refractivity contribution >= 4 is 21.5 Å². The predicted molar refractivity (Wildman–Crippen MR) is 181 cm³/mol. The summed E-state index contributed by atoms with van der Waals surface area (Å²) in [6.07, 6.45) is 0. The van der Waals surface area contributed by atoms with Gasteiger partial charge in [-0.15, -0.1) is 0 Å². The molecule has 0 heterocycles. The van der Waals surface area contributed by atoms with E-state index in [1.165, 1.54) is 77.2 Å². The van der Waals surface area contributed by atoms with Crippen molar-refractivity contribution in [3.05, 3.63) is 109 Å². The van der Waals surface area contributed by atoms with Crippen molar-refractivity contribution in [3.8, 4) is 55.6 Å². The lowest BCUT2D eigenvalue weighted by Gasteiger charge is -2.13. The van der Waals surface area contributed by atoms with Crippen LogP contribution in [0.25, 0.3) is 77.2 Å². The van der Waals surface area contributed by atoms with Gasteiger partial charge in [0.1, 0.15) is 0 Å². The molecule has 0 atom stereocenters. The van der Waals surface area contributed by atoms with Crippen LogP contribution in [0.1, 0.15) is 55.4 Å². The molecule has 0 nitrogen and oxygen atoms in total. The summed E-state index contributed by atoms with van der Waals surface area (Å²) in [6.45, 7) is 16.0. The van der Waals surface area contributed by atoms with Crippen LogP contribution >= 0.6 is 0 Å². The Morgan fingerprint density at radius 3 is 0.800 bits per heavy atom. The maximum Gasteiger partial charge on any atom is -0.00201 e. The fourth-order valence-electron chi connectivity index (χ4n) is 6.09. The van der Waals surface area contributed by atoms with Crippen molar-refractivity contribution in [2.24, 2.45) is 0 Å². The lowest BCUT2D eigenvalue weighted by Crippen LogP contribution is -1.86. The molecule has 0 spiro atoms. The molecule has 0 saturated heterocycles. The maximum atomic E-state index is 2.33. The van der Waals surface area contributed by atoms with Crippen LogP contribution in [0, 0.1) is 0 Å². The van der Waals surface area contributed by atoms with Crippen molar-refractivity contribution in [2.75, 3.05) is 0 Å². The molecule has 0 heteroatoms. The first-order valence-corrected chi connectivity index (χ1v) is 15.2. The highest BCUT2D eigenvalue weighted by molar-refractivity contribution is 6.23. The van der Waals surface area contributed by atoms with E-state index < -0.39 is 0 Å². The molecule has 0 fully saturated rings. The van der Waals surface area contributed by atoms with Crippen LogP contribution < -0.4 is 0 Å². The minimum Gasteiger partial charge on any atom is -0.0683 e. The monoisotopic (exact) mass is 522 g/mol. The molecule has 2 aliphatic rings. The third kappa shape index (κ3) is 4.33. The molecule has 0 saturated carbocycles. The summed E-state index contributed by atoms with van der Waals surface area (Å²) < 4.78 is 0. The third-order valence-electron chi connectivity index (χ3n) is 7.39. The van der Waals surface area contributed by atoms with Crippen molar-refractivity contribution < 1.29 is 0 Å². The van der Waals surface area contributed by atoms with Gasteiger partial charge in [0, 0.05) is 0 Å². The summed E-state index contributed by atoms with van der Waals surface area (Å²) in [4.78, 5) is 0. The van der Waals surface area contributed by atoms with Crippen LogP contribution in [0.15, 0.2) is 109 Å². The largest absolute Gasteiger partial charge is 0.0683 e. The van der Waals surface area contributed by atoms with Gasteiger partial charge in [0.15, 0.2) is 0 Å². The first-order chi connectivity index (χ1) is 19.9. The van der Waals surface area contributed by atoms with E-state index in [0.29, 0.717) is 0 Å². The second-order valence-corrected chi connectivity index (χ2v) is 8.87. The Bertz CT molecular complexity index is 1580. The van der Waals surface area contributed by atoms with Gasteiger partial charge < -0.3 is 0 Å². The molecule has 2 aliphatic carbocycles. The highest BCUT2D eigenvalue weighted by atomic mass is 14.3. The van der Waals surface area contributed by atoms with Crippen LogP contribution in [-0.4, -0.2) is 0 Å². The highest BCUT2D eigenvalue weighted by Gasteiger charge is 2.25. The summed E-state index contributed by atoms with van der Waals surface area (Å²) in [5.41, 5.74) is 13.4. The first kappa shape index (κ1) is 28.8. The van der Waals surface area contributed by atoms with Gasteiger partial charge in [-0.2, -0.15) is 0 Å². The molecular formula is C40H42. The normalized spacial score (nSPS) is 10.5. The number of hydrogen-bond acceptors (Lipinski definition) is 0. The fourth-order valence-corrected chi connectivity index (χ4v) is 6.09. The molecule has 6 aromatic rings. The Labute approximate surface area is 241 Å². The number of rotatable bonds is 1. The van der Waals surface area contributed by atoms with E-state index in [1.807, 2.05) is 55.4 Å². The van der Waals surface area contributed by atoms with Crippen LogP contribution in [0.4, 0.5) is 0 Å². The summed E-state index contributed by atoms with van der Waals surface area (Å²) in [5, 5.41) is 5.45. The second kappa shape index (κ2) is 12.8. The molecule has 6 aromatic carbocycles. The van der Waals surface area contributed by atoms with Crippen molar-refractivity contribution in [1.82, 2.24) is 0 Å². The number of hydrogen-bond donors (Lipinski definition) is 0. The summed E-state index contributed by atoms with van der Waals surface area (Å²) in [7, 11) is 0. The van der Waals surface area contributed by atoms with E-state index >= 15 is 0 Å². The minimum absolute atomic E-state index is 1.32. The van der Waals surface area contributed by atoms with Gasteiger partial charge in [-0.05, 0) is 77.2 Å². The Kier molecular flexibility index (Phi) is 9.22. The van der Waals surface area contributed by atoms with E-state index in [9.17, 15) is 0 Å². The van der Waals surface area contributed by atoms with E-state index in [1.54, 1.807) is 0 Å². The van der Waals surface area contributed by atoms with E-state index in [4.69, 9.17) is 0 Å². The molecule has 0 N–H and O–H groups in total. The van der Waals surface area contributed by atoms with Crippen LogP contribution in [-0.2, 0) is 0 Å². The number of benzene rings is 6. The van der Waals surface area contributed by atoms with Crippen molar-refractivity contribution in [2.45, 2.75) is 55.4 Å². The van der Waals surface area contributed by atoms with Gasteiger partial charge >= 0.3 is 0 Å². The maximum absolute atomic E-state index is 2.33. The topological polar surface area (TPSA) is 0 Å². The molecular weight excluding hydrogens is 480 g/mol. The molecule has 8 rings (SSSR count). The SMILES string of the molecule is CC.CC.CC.CC.c1ccc2c(c1)-c1cccc3c(-c4ccc5c6c(cccc46)-c4ccccc4-5)ccc-2c13. The van der Waals surface area contributed by atoms with E-state index in [2.05, 4.69) is 109 Å². The molecule has 0 aromatic heterocycles. The summed E-state index contributed by atoms with van der Waals surface area (Å²) in [6, 6.07) is 40.4. The van der Waals surface area contributed by atoms with Crippen LogP contribution in [0.3, 0.4) is 0 Å². The zero-order valence-electron chi connectivity index (χ0n) is 25.4. The molecule has 0 unspecified atom stereocenters. The second-order valence-electron chi connectivity index (χ2n) is 8.87. The molecule has 0 aliphatic heterocycles. The van der Waals surface area contributed by atoms with Gasteiger partial charge in [0.05, 0.1) is 0 Å². The van der Waals surface area contributed by atoms with Crippen molar-refractivity contribution in [3.63, 3.8) is 0 Å². The van der Waals surface area contributed by atoms with Gasteiger partial charge in [-0.3, -0.25) is 0 Å². The zero-order valence-corrected chi connectivity index (χ0v) is 25.4.